The monoisotopic (exact) mass is 358 g/mol. The van der Waals surface area contributed by atoms with Crippen LogP contribution >= 0.6 is 0 Å². The second-order valence-electron chi connectivity index (χ2n) is 1.53. The van der Waals surface area contributed by atoms with Crippen molar-refractivity contribution >= 4 is 39.2 Å². The third-order valence-electron chi connectivity index (χ3n) is 0.782. The Balaban J connectivity index is 0. The summed E-state index contributed by atoms with van der Waals surface area (Å²) in [4.78, 5) is 19.3. The standard InChI is InChI=1S/C4H6O6.Pb.2H/c5-1(3(7)8)2(6)4(9)10;;;/h1-2,5-6H,(H,7,8)(H,9,10);;;/q;+2;;/p-2. The van der Waals surface area contributed by atoms with Gasteiger partial charge in [0.1, 0.15) is 12.2 Å². The molecule has 0 spiro atoms. The minimum absolute atomic E-state index is 0. The summed E-state index contributed by atoms with van der Waals surface area (Å²) < 4.78 is 0. The number of hydrogen-bond donors (Lipinski definition) is 2. The number of carbonyl (C=O) groups is 2. The van der Waals surface area contributed by atoms with Crippen molar-refractivity contribution in [2.75, 3.05) is 0 Å². The Morgan fingerprint density at radius 2 is 1.18 bits per heavy atom. The molecular weight excluding hydrogens is 351 g/mol. The first kappa shape index (κ1) is 13.4. The van der Waals surface area contributed by atoms with Crippen LogP contribution in [0.5, 0.6) is 0 Å². The molecule has 0 aromatic heterocycles. The van der Waals surface area contributed by atoms with Crippen LogP contribution in [0.25, 0.3) is 0 Å². The van der Waals surface area contributed by atoms with Crippen LogP contribution < -0.4 is 10.2 Å². The zero-order valence-corrected chi connectivity index (χ0v) is 10.9. The zero-order chi connectivity index (χ0) is 8.31. The van der Waals surface area contributed by atoms with E-state index < -0.39 is 24.1 Å². The molecule has 0 heterocycles. The van der Waals surface area contributed by atoms with Crippen LogP contribution in [0.1, 0.15) is 0 Å². The number of carboxylic acid groups (broad SMARTS) is 2. The molecular formula is C4H6O6Pb. The average Bonchev–Trinajstić information content (AvgIpc) is 1.84. The quantitative estimate of drug-likeness (QED) is 0.486. The summed E-state index contributed by atoms with van der Waals surface area (Å²) in [5.74, 6) is -4.12. The molecule has 6 nitrogen and oxygen atoms in total. The predicted octanol–water partition coefficient (Wildman–Crippen LogP) is -5.71. The molecule has 0 rings (SSSR count). The Morgan fingerprint density at radius 3 is 1.27 bits per heavy atom. The van der Waals surface area contributed by atoms with E-state index in [1.54, 1.807) is 0 Å². The van der Waals surface area contributed by atoms with Crippen molar-refractivity contribution in [2.45, 2.75) is 12.2 Å². The van der Waals surface area contributed by atoms with E-state index in [9.17, 15) is 19.8 Å². The molecule has 0 amide bonds. The van der Waals surface area contributed by atoms with Gasteiger partial charge in [-0.2, -0.15) is 0 Å². The summed E-state index contributed by atoms with van der Waals surface area (Å²) in [5.41, 5.74) is 0. The van der Waals surface area contributed by atoms with Gasteiger partial charge in [0.15, 0.2) is 0 Å². The molecule has 0 aliphatic carbocycles. The van der Waals surface area contributed by atoms with Gasteiger partial charge >= 0.3 is 27.3 Å². The number of carboxylic acids is 2. The summed E-state index contributed by atoms with van der Waals surface area (Å²) in [6.45, 7) is 0. The van der Waals surface area contributed by atoms with Crippen molar-refractivity contribution in [3.8, 4) is 0 Å². The number of aliphatic hydroxyl groups excluding tert-OH is 2. The summed E-state index contributed by atoms with van der Waals surface area (Å²) in [6.07, 6.45) is -4.88. The number of aliphatic hydroxyl groups is 2. The van der Waals surface area contributed by atoms with Gasteiger partial charge in [-0.25, -0.2) is 0 Å². The predicted molar refractivity (Wildman–Crippen MR) is 30.6 cm³/mol. The van der Waals surface area contributed by atoms with Crippen molar-refractivity contribution in [3.05, 3.63) is 0 Å². The van der Waals surface area contributed by atoms with E-state index in [0.717, 1.165) is 0 Å². The van der Waals surface area contributed by atoms with E-state index >= 15 is 0 Å². The number of aliphatic carboxylic acids is 2. The van der Waals surface area contributed by atoms with Crippen LogP contribution in [0.3, 0.4) is 0 Å². The molecule has 2 N–H and O–H groups in total. The molecule has 0 aliphatic rings. The Morgan fingerprint density at radius 1 is 1.00 bits per heavy atom. The third-order valence-corrected chi connectivity index (χ3v) is 0.782. The molecule has 7 heteroatoms. The fourth-order valence-corrected chi connectivity index (χ4v) is 0.258. The Kier molecular flexibility index (Phi) is 6.61. The fourth-order valence-electron chi connectivity index (χ4n) is 0.258. The van der Waals surface area contributed by atoms with E-state index in [2.05, 4.69) is 0 Å². The van der Waals surface area contributed by atoms with Gasteiger partial charge in [0.05, 0.1) is 11.9 Å². The number of rotatable bonds is 3. The summed E-state index contributed by atoms with van der Waals surface area (Å²) in [5, 5.41) is 35.7. The second kappa shape index (κ2) is 5.43. The van der Waals surface area contributed by atoms with Crippen LogP contribution in [-0.4, -0.2) is 61.7 Å². The van der Waals surface area contributed by atoms with E-state index in [4.69, 9.17) is 10.2 Å². The summed E-state index contributed by atoms with van der Waals surface area (Å²) in [6, 6.07) is 0. The van der Waals surface area contributed by atoms with Gasteiger partial charge in [-0.05, 0) is 0 Å². The van der Waals surface area contributed by atoms with Crippen molar-refractivity contribution < 1.29 is 30.0 Å². The van der Waals surface area contributed by atoms with Gasteiger partial charge in [-0.1, -0.05) is 0 Å². The average molecular weight is 357 g/mol. The number of hydrogen-bond acceptors (Lipinski definition) is 6. The summed E-state index contributed by atoms with van der Waals surface area (Å²) in [7, 11) is 0. The van der Waals surface area contributed by atoms with Gasteiger partial charge in [-0.15, -0.1) is 0 Å². The fraction of sp³-hybridized carbons (Fsp3) is 0.500. The van der Waals surface area contributed by atoms with Crippen molar-refractivity contribution in [1.29, 1.82) is 0 Å². The van der Waals surface area contributed by atoms with Gasteiger partial charge in [-0.3, -0.25) is 0 Å². The van der Waals surface area contributed by atoms with Gasteiger partial charge in [0, 0.05) is 0 Å². The van der Waals surface area contributed by atoms with Crippen molar-refractivity contribution in [3.63, 3.8) is 0 Å². The van der Waals surface area contributed by atoms with E-state index in [1.165, 1.54) is 0 Å². The molecule has 0 saturated heterocycles. The molecule has 0 aromatic rings. The maximum atomic E-state index is 9.63. The van der Waals surface area contributed by atoms with Crippen LogP contribution in [-0.2, 0) is 9.59 Å². The Bertz CT molecular complexity index is 139. The van der Waals surface area contributed by atoms with Crippen LogP contribution in [0.2, 0.25) is 0 Å². The normalized spacial score (nSPS) is 14.4. The van der Waals surface area contributed by atoms with Crippen LogP contribution in [0.4, 0.5) is 0 Å². The Labute approximate surface area is 81.6 Å². The first-order valence-electron chi connectivity index (χ1n) is 2.24. The van der Waals surface area contributed by atoms with Gasteiger partial charge in [0.2, 0.25) is 0 Å². The first-order chi connectivity index (χ1) is 4.46. The molecule has 0 aliphatic heterocycles. The van der Waals surface area contributed by atoms with Gasteiger partial charge in [0.25, 0.3) is 0 Å². The second-order valence-corrected chi connectivity index (χ2v) is 1.53. The summed E-state index contributed by atoms with van der Waals surface area (Å²) >= 11 is 0. The van der Waals surface area contributed by atoms with E-state index in [-0.39, 0.29) is 27.3 Å². The van der Waals surface area contributed by atoms with Crippen molar-refractivity contribution in [2.24, 2.45) is 0 Å². The third kappa shape index (κ3) is 4.27. The van der Waals surface area contributed by atoms with E-state index in [0.29, 0.717) is 0 Å². The molecule has 0 fully saturated rings. The van der Waals surface area contributed by atoms with Crippen molar-refractivity contribution in [1.82, 2.24) is 0 Å². The molecule has 0 aromatic carbocycles. The molecule has 2 atom stereocenters. The SMILES string of the molecule is O=C([O-])C(O)C(O)C(=O)[O-].[PbH2+2]. The molecule has 0 bridgehead atoms. The minimum atomic E-state index is -2.44. The molecule has 2 unspecified atom stereocenters. The van der Waals surface area contributed by atoms with Gasteiger partial charge < -0.3 is 30.0 Å². The molecule has 62 valence electrons. The van der Waals surface area contributed by atoms with Crippen LogP contribution in [0.15, 0.2) is 0 Å². The molecule has 0 saturated carbocycles. The molecule has 0 radical (unpaired) electrons. The topological polar surface area (TPSA) is 121 Å². The zero-order valence-electron chi connectivity index (χ0n) is 5.39. The number of carbonyl (C=O) groups excluding carboxylic acids is 2. The van der Waals surface area contributed by atoms with Crippen LogP contribution in [0, 0.1) is 0 Å². The maximum absolute atomic E-state index is 9.63. The first-order valence-corrected chi connectivity index (χ1v) is 2.24. The van der Waals surface area contributed by atoms with E-state index in [1.807, 2.05) is 0 Å². The Hall–Kier alpha value is -0.218. The molecule has 11 heavy (non-hydrogen) atoms.